The molecular formula is C14H23N3O. The number of carbonyl (C=O) groups is 1. The number of pyridine rings is 1. The second-order valence-electron chi connectivity index (χ2n) is 4.79. The van der Waals surface area contributed by atoms with Crippen LogP contribution in [0.1, 0.15) is 32.3 Å². The number of aromatic nitrogens is 1. The first-order chi connectivity index (χ1) is 8.56. The van der Waals surface area contributed by atoms with Crippen molar-refractivity contribution in [1.29, 1.82) is 0 Å². The van der Waals surface area contributed by atoms with Gasteiger partial charge in [0.1, 0.15) is 5.82 Å². The molecule has 1 N–H and O–H groups in total. The van der Waals surface area contributed by atoms with E-state index < -0.39 is 0 Å². The van der Waals surface area contributed by atoms with Gasteiger partial charge >= 0.3 is 0 Å². The van der Waals surface area contributed by atoms with Crippen LogP contribution in [-0.2, 0) is 11.3 Å². The maximum Gasteiger partial charge on any atom is 0.223 e. The fourth-order valence-corrected chi connectivity index (χ4v) is 1.89. The van der Waals surface area contributed by atoms with E-state index in [1.165, 1.54) is 0 Å². The van der Waals surface area contributed by atoms with Gasteiger partial charge in [0.15, 0.2) is 0 Å². The molecule has 0 saturated heterocycles. The maximum absolute atomic E-state index is 11.8. The molecule has 0 aromatic carbocycles. The normalized spacial score (nSPS) is 12.0. The van der Waals surface area contributed by atoms with Crippen LogP contribution < -0.4 is 10.2 Å². The molecule has 18 heavy (non-hydrogen) atoms. The molecule has 0 aliphatic carbocycles. The lowest BCUT2D eigenvalue weighted by Crippen LogP contribution is -2.29. The summed E-state index contributed by atoms with van der Waals surface area (Å²) in [6, 6.07) is 3.89. The zero-order valence-corrected chi connectivity index (χ0v) is 11.7. The van der Waals surface area contributed by atoms with Crippen molar-refractivity contribution in [3.8, 4) is 0 Å². The smallest absolute Gasteiger partial charge is 0.223 e. The lowest BCUT2D eigenvalue weighted by Gasteiger charge is -2.17. The van der Waals surface area contributed by atoms with Gasteiger partial charge < -0.3 is 10.2 Å². The van der Waals surface area contributed by atoms with Gasteiger partial charge in [0, 0.05) is 38.3 Å². The third-order valence-corrected chi connectivity index (χ3v) is 2.91. The van der Waals surface area contributed by atoms with Crippen LogP contribution in [0, 0.1) is 5.92 Å². The molecule has 1 unspecified atom stereocenters. The first-order valence-electron chi connectivity index (χ1n) is 6.45. The highest BCUT2D eigenvalue weighted by atomic mass is 16.1. The minimum Gasteiger partial charge on any atom is -0.362 e. The SMILES string of the molecule is CCCC(C)C(=O)NCc1cccnc1N(C)C. The number of anilines is 1. The van der Waals surface area contributed by atoms with Crippen molar-refractivity contribution in [2.75, 3.05) is 19.0 Å². The molecule has 1 heterocycles. The van der Waals surface area contributed by atoms with Crippen molar-refractivity contribution in [2.45, 2.75) is 33.2 Å². The summed E-state index contributed by atoms with van der Waals surface area (Å²) in [6.07, 6.45) is 3.73. The monoisotopic (exact) mass is 249 g/mol. The summed E-state index contributed by atoms with van der Waals surface area (Å²) >= 11 is 0. The number of hydrogen-bond acceptors (Lipinski definition) is 3. The second-order valence-corrected chi connectivity index (χ2v) is 4.79. The van der Waals surface area contributed by atoms with Crippen LogP contribution in [0.2, 0.25) is 0 Å². The van der Waals surface area contributed by atoms with Crippen LogP contribution in [0.5, 0.6) is 0 Å². The quantitative estimate of drug-likeness (QED) is 0.840. The molecule has 0 radical (unpaired) electrons. The van der Waals surface area contributed by atoms with E-state index in [0.29, 0.717) is 6.54 Å². The van der Waals surface area contributed by atoms with E-state index in [1.807, 2.05) is 38.1 Å². The van der Waals surface area contributed by atoms with Gasteiger partial charge in [-0.25, -0.2) is 4.98 Å². The molecular weight excluding hydrogens is 226 g/mol. The third kappa shape index (κ3) is 4.02. The fraction of sp³-hybridized carbons (Fsp3) is 0.571. The van der Waals surface area contributed by atoms with Crippen molar-refractivity contribution in [2.24, 2.45) is 5.92 Å². The lowest BCUT2D eigenvalue weighted by atomic mass is 10.1. The molecule has 0 bridgehead atoms. The van der Waals surface area contributed by atoms with E-state index in [4.69, 9.17) is 0 Å². The van der Waals surface area contributed by atoms with Crippen molar-refractivity contribution in [3.63, 3.8) is 0 Å². The van der Waals surface area contributed by atoms with Gasteiger partial charge in [-0.15, -0.1) is 0 Å². The summed E-state index contributed by atoms with van der Waals surface area (Å²) in [5.74, 6) is 1.10. The Morgan fingerprint density at radius 1 is 1.50 bits per heavy atom. The van der Waals surface area contributed by atoms with E-state index in [-0.39, 0.29) is 11.8 Å². The molecule has 0 aliphatic heterocycles. The van der Waals surface area contributed by atoms with Crippen molar-refractivity contribution in [1.82, 2.24) is 10.3 Å². The lowest BCUT2D eigenvalue weighted by molar-refractivity contribution is -0.124. The third-order valence-electron chi connectivity index (χ3n) is 2.91. The minimum atomic E-state index is 0.0782. The van der Waals surface area contributed by atoms with E-state index in [1.54, 1.807) is 6.20 Å². The van der Waals surface area contributed by atoms with Crippen LogP contribution in [0.4, 0.5) is 5.82 Å². The van der Waals surface area contributed by atoms with Gasteiger partial charge in [-0.3, -0.25) is 4.79 Å². The first-order valence-corrected chi connectivity index (χ1v) is 6.45. The Morgan fingerprint density at radius 2 is 2.22 bits per heavy atom. The summed E-state index contributed by atoms with van der Waals surface area (Å²) in [5, 5.41) is 2.97. The molecule has 1 atom stereocenters. The second kappa shape index (κ2) is 6.99. The topological polar surface area (TPSA) is 45.2 Å². The van der Waals surface area contributed by atoms with Crippen LogP contribution in [0.3, 0.4) is 0 Å². The first kappa shape index (κ1) is 14.5. The van der Waals surface area contributed by atoms with E-state index >= 15 is 0 Å². The molecule has 4 nitrogen and oxygen atoms in total. The van der Waals surface area contributed by atoms with Crippen LogP contribution in [-0.4, -0.2) is 25.0 Å². The van der Waals surface area contributed by atoms with Crippen LogP contribution >= 0.6 is 0 Å². The fourth-order valence-electron chi connectivity index (χ4n) is 1.89. The molecule has 100 valence electrons. The van der Waals surface area contributed by atoms with E-state index in [2.05, 4.69) is 17.2 Å². The Morgan fingerprint density at radius 3 is 2.83 bits per heavy atom. The predicted molar refractivity (Wildman–Crippen MR) is 74.5 cm³/mol. The zero-order valence-electron chi connectivity index (χ0n) is 11.7. The summed E-state index contributed by atoms with van der Waals surface area (Å²) in [6.45, 7) is 4.60. The van der Waals surface area contributed by atoms with Crippen LogP contribution in [0.25, 0.3) is 0 Å². The highest BCUT2D eigenvalue weighted by Crippen LogP contribution is 2.14. The van der Waals surface area contributed by atoms with Gasteiger partial charge in [0.2, 0.25) is 5.91 Å². The molecule has 1 aromatic rings. The highest BCUT2D eigenvalue weighted by Gasteiger charge is 2.12. The number of nitrogens with one attached hydrogen (secondary N) is 1. The highest BCUT2D eigenvalue weighted by molar-refractivity contribution is 5.78. The van der Waals surface area contributed by atoms with Gasteiger partial charge in [-0.05, 0) is 12.5 Å². The van der Waals surface area contributed by atoms with Gasteiger partial charge in [-0.1, -0.05) is 26.3 Å². The van der Waals surface area contributed by atoms with Crippen molar-refractivity contribution >= 4 is 11.7 Å². The predicted octanol–water partition coefficient (Wildman–Crippen LogP) is 2.20. The molecule has 1 aromatic heterocycles. The summed E-state index contributed by atoms with van der Waals surface area (Å²) in [7, 11) is 3.90. The minimum absolute atomic E-state index is 0.0782. The van der Waals surface area contributed by atoms with Gasteiger partial charge in [-0.2, -0.15) is 0 Å². The molecule has 0 fully saturated rings. The Hall–Kier alpha value is -1.58. The largest absolute Gasteiger partial charge is 0.362 e. The summed E-state index contributed by atoms with van der Waals surface area (Å²) < 4.78 is 0. The molecule has 1 rings (SSSR count). The molecule has 0 saturated carbocycles. The Labute approximate surface area is 109 Å². The molecule has 4 heteroatoms. The number of hydrogen-bond donors (Lipinski definition) is 1. The van der Waals surface area contributed by atoms with Gasteiger partial charge in [0.05, 0.1) is 0 Å². The van der Waals surface area contributed by atoms with Crippen LogP contribution in [0.15, 0.2) is 18.3 Å². The standard InChI is InChI=1S/C14H23N3O/c1-5-7-11(2)14(18)16-10-12-8-6-9-15-13(12)17(3)4/h6,8-9,11H,5,7,10H2,1-4H3,(H,16,18). The number of nitrogens with zero attached hydrogens (tertiary/aromatic N) is 2. The average Bonchev–Trinajstić information content (AvgIpc) is 2.36. The molecule has 1 amide bonds. The van der Waals surface area contributed by atoms with Gasteiger partial charge in [0.25, 0.3) is 0 Å². The Kier molecular flexibility index (Phi) is 5.62. The summed E-state index contributed by atoms with van der Waals surface area (Å²) in [5.41, 5.74) is 1.04. The number of carbonyl (C=O) groups excluding carboxylic acids is 1. The summed E-state index contributed by atoms with van der Waals surface area (Å²) in [4.78, 5) is 18.1. The van der Waals surface area contributed by atoms with E-state index in [0.717, 1.165) is 24.2 Å². The van der Waals surface area contributed by atoms with Crippen molar-refractivity contribution < 1.29 is 4.79 Å². The Bertz CT molecular complexity index is 390. The molecule has 0 spiro atoms. The number of amides is 1. The average molecular weight is 249 g/mol. The maximum atomic E-state index is 11.8. The van der Waals surface area contributed by atoms with E-state index in [9.17, 15) is 4.79 Å². The number of rotatable bonds is 6. The Balaban J connectivity index is 2.61. The molecule has 0 aliphatic rings. The zero-order chi connectivity index (χ0) is 13.5. The van der Waals surface area contributed by atoms with Crippen molar-refractivity contribution in [3.05, 3.63) is 23.9 Å².